The van der Waals surface area contributed by atoms with Crippen LogP contribution in [0.3, 0.4) is 0 Å². The normalized spacial score (nSPS) is 13.0. The molecule has 11 heteroatoms. The fourth-order valence-electron chi connectivity index (χ4n) is 4.05. The first-order valence-electron chi connectivity index (χ1n) is 15.4. The van der Waals surface area contributed by atoms with E-state index in [1.165, 1.54) is 56.7 Å². The first-order chi connectivity index (χ1) is 18.6. The van der Waals surface area contributed by atoms with E-state index in [2.05, 4.69) is 36.7 Å². The van der Waals surface area contributed by atoms with Gasteiger partial charge < -0.3 is 17.1 Å². The first-order valence-corrected chi connectivity index (χ1v) is 18.1. The Morgan fingerprint density at radius 3 is 1.54 bits per heavy atom. The maximum Gasteiger partial charge on any atom is 1.00 e. The van der Waals surface area contributed by atoms with Crippen molar-refractivity contribution in [3.05, 3.63) is 0 Å². The number of esters is 2. The summed E-state index contributed by atoms with van der Waals surface area (Å²) in [4.78, 5) is 24.2. The fourth-order valence-corrected chi connectivity index (χ4v) is 5.10. The van der Waals surface area contributed by atoms with Crippen molar-refractivity contribution >= 4 is 38.0 Å². The second kappa shape index (κ2) is 33.2. The van der Waals surface area contributed by atoms with Crippen LogP contribution in [0.25, 0.3) is 0 Å². The number of rotatable bonds is 24. The summed E-state index contributed by atoms with van der Waals surface area (Å²) >= 11 is 3.44. The Hall–Kier alpha value is 0.290. The zero-order valence-electron chi connectivity index (χ0n) is 28.3. The largest absolute Gasteiger partial charge is 1.00 e. The molecular formula is C30H63BrNNaO7S. The number of hydrogen-bond acceptors (Lipinski definition) is 7. The Kier molecular flexibility index (Phi) is 39.0. The van der Waals surface area contributed by atoms with Crippen molar-refractivity contribution in [3.8, 4) is 0 Å². The second-order valence-corrected chi connectivity index (χ2v) is 12.9. The van der Waals surface area contributed by atoms with Gasteiger partial charge in [-0.1, -0.05) is 134 Å². The second-order valence-electron chi connectivity index (χ2n) is 10.5. The van der Waals surface area contributed by atoms with Crippen LogP contribution in [0.4, 0.5) is 0 Å². The van der Waals surface area contributed by atoms with Crippen molar-refractivity contribution in [2.75, 3.05) is 18.5 Å². The van der Waals surface area contributed by atoms with Crippen LogP contribution in [-0.2, 0) is 29.2 Å². The standard InChI is InChI=1S/C20H38O7S.C10H21Br.H3N.Na.H/c1-5-9-11-16(7-3)14-26-19(21)13-18(28(23,24)25)20(22)27-15-17(8-4)12-10-6-2;1-2-3-4-5-6-7-8-9-10-11;;;/h16-18H,5-15H2,1-4H3,(H,23,24,25);2-10H2,1H3;1H3;;/q;;;+1;-1. The summed E-state index contributed by atoms with van der Waals surface area (Å²) in [5.74, 6) is -1.61. The summed E-state index contributed by atoms with van der Waals surface area (Å²) in [6, 6.07) is 0. The van der Waals surface area contributed by atoms with Gasteiger partial charge in [-0.05, 0) is 31.1 Å². The zero-order chi connectivity index (χ0) is 29.9. The van der Waals surface area contributed by atoms with Crippen LogP contribution in [0.1, 0.15) is 145 Å². The number of carbonyl (C=O) groups excluding carboxylic acids is 2. The molecule has 0 aliphatic heterocycles. The predicted octanol–water partition coefficient (Wildman–Crippen LogP) is 5.95. The Morgan fingerprint density at radius 1 is 0.732 bits per heavy atom. The molecule has 4 N–H and O–H groups in total. The number of halogens is 1. The predicted molar refractivity (Wildman–Crippen MR) is 171 cm³/mol. The van der Waals surface area contributed by atoms with Gasteiger partial charge in [-0.2, -0.15) is 8.42 Å². The summed E-state index contributed by atoms with van der Waals surface area (Å²) in [7, 11) is -4.76. The van der Waals surface area contributed by atoms with Crippen LogP contribution in [0.2, 0.25) is 0 Å². The molecule has 3 atom stereocenters. The van der Waals surface area contributed by atoms with Gasteiger partial charge >= 0.3 is 41.5 Å². The van der Waals surface area contributed by atoms with Crippen LogP contribution in [0.5, 0.6) is 0 Å². The van der Waals surface area contributed by atoms with Crippen molar-refractivity contribution < 1.29 is 63.0 Å². The van der Waals surface area contributed by atoms with E-state index in [0.717, 1.165) is 51.4 Å². The van der Waals surface area contributed by atoms with E-state index >= 15 is 0 Å². The maximum absolute atomic E-state index is 12.2. The molecule has 0 aromatic carbocycles. The van der Waals surface area contributed by atoms with Crippen molar-refractivity contribution in [3.63, 3.8) is 0 Å². The third-order valence-corrected chi connectivity index (χ3v) is 8.63. The van der Waals surface area contributed by atoms with Crippen molar-refractivity contribution in [1.82, 2.24) is 6.15 Å². The van der Waals surface area contributed by atoms with E-state index in [-0.39, 0.29) is 62.2 Å². The average molecular weight is 685 g/mol. The molecule has 0 saturated carbocycles. The third kappa shape index (κ3) is 30.1. The van der Waals surface area contributed by atoms with Crippen LogP contribution >= 0.6 is 15.9 Å². The molecule has 0 aliphatic carbocycles. The average Bonchev–Trinajstić information content (AvgIpc) is 2.91. The van der Waals surface area contributed by atoms with Gasteiger partial charge in [0.2, 0.25) is 0 Å². The van der Waals surface area contributed by atoms with Crippen LogP contribution in [0.15, 0.2) is 0 Å². The van der Waals surface area contributed by atoms with Crippen LogP contribution in [0, 0.1) is 11.8 Å². The minimum Gasteiger partial charge on any atom is -1.00 e. The van der Waals surface area contributed by atoms with Gasteiger partial charge in [0.15, 0.2) is 5.25 Å². The Morgan fingerprint density at radius 2 is 1.15 bits per heavy atom. The molecule has 0 fully saturated rings. The third-order valence-electron chi connectivity index (χ3n) is 6.99. The molecule has 0 spiro atoms. The zero-order valence-corrected chi connectivity index (χ0v) is 31.7. The van der Waals surface area contributed by atoms with Gasteiger partial charge in [-0.25, -0.2) is 0 Å². The number of alkyl halides is 1. The number of ether oxygens (including phenoxy) is 2. The van der Waals surface area contributed by atoms with Gasteiger partial charge in [-0.3, -0.25) is 14.1 Å². The van der Waals surface area contributed by atoms with Crippen LogP contribution < -0.4 is 35.7 Å². The molecule has 0 saturated heterocycles. The van der Waals surface area contributed by atoms with E-state index in [1.807, 2.05) is 13.8 Å². The van der Waals surface area contributed by atoms with E-state index in [0.29, 0.717) is 0 Å². The molecule has 244 valence electrons. The molecule has 0 heterocycles. The molecule has 0 bridgehead atoms. The van der Waals surface area contributed by atoms with E-state index in [4.69, 9.17) is 9.47 Å². The minimum absolute atomic E-state index is 0. The van der Waals surface area contributed by atoms with Crippen molar-refractivity contribution in [2.45, 2.75) is 149 Å². The quantitative estimate of drug-likeness (QED) is 0.0418. The smallest absolute Gasteiger partial charge is 1.00 e. The van der Waals surface area contributed by atoms with E-state index < -0.39 is 33.7 Å². The van der Waals surface area contributed by atoms with E-state index in [9.17, 15) is 22.6 Å². The van der Waals surface area contributed by atoms with Gasteiger partial charge in [0.05, 0.1) is 19.6 Å². The number of unbranched alkanes of at least 4 members (excludes halogenated alkanes) is 9. The Balaban J connectivity index is -0.000000278. The molecule has 8 nitrogen and oxygen atoms in total. The summed E-state index contributed by atoms with van der Waals surface area (Å²) in [5.41, 5.74) is 0. The monoisotopic (exact) mass is 683 g/mol. The summed E-state index contributed by atoms with van der Waals surface area (Å²) in [6.07, 6.45) is 18.1. The molecule has 0 aliphatic rings. The van der Waals surface area contributed by atoms with Gasteiger partial charge in [0, 0.05) is 5.33 Å². The fraction of sp³-hybridized carbons (Fsp3) is 0.933. The van der Waals surface area contributed by atoms with Gasteiger partial charge in [-0.15, -0.1) is 0 Å². The maximum atomic E-state index is 12.2. The molecule has 3 unspecified atom stereocenters. The summed E-state index contributed by atoms with van der Waals surface area (Å²) in [5, 5.41) is -0.763. The summed E-state index contributed by atoms with van der Waals surface area (Å²) < 4.78 is 42.8. The van der Waals surface area contributed by atoms with Crippen molar-refractivity contribution in [2.24, 2.45) is 11.8 Å². The molecule has 0 radical (unpaired) electrons. The number of carbonyl (C=O) groups is 2. The molecule has 0 amide bonds. The SMILES string of the molecule is CCCCC(CC)COC(=O)CC(C(=O)OCC(CC)CCCC)S(=O)(=O)O.CCCCCCCCCCBr.N.[H-].[Na+]. The van der Waals surface area contributed by atoms with Crippen molar-refractivity contribution in [1.29, 1.82) is 0 Å². The van der Waals surface area contributed by atoms with Gasteiger partial charge in [0.25, 0.3) is 10.1 Å². The van der Waals surface area contributed by atoms with E-state index in [1.54, 1.807) is 0 Å². The number of hydrogen-bond donors (Lipinski definition) is 2. The molecule has 0 aromatic rings. The molecular weight excluding hydrogens is 621 g/mol. The topological polar surface area (TPSA) is 142 Å². The summed E-state index contributed by atoms with van der Waals surface area (Å²) in [6.45, 7) is 10.6. The molecule has 41 heavy (non-hydrogen) atoms. The molecule has 0 aromatic heterocycles. The Bertz CT molecular complexity index is 697. The Labute approximate surface area is 284 Å². The first kappa shape index (κ1) is 48.2. The van der Waals surface area contributed by atoms with Gasteiger partial charge in [0.1, 0.15) is 0 Å². The molecule has 0 rings (SSSR count). The van der Waals surface area contributed by atoms with Crippen LogP contribution in [-0.4, -0.2) is 48.7 Å². The minimum atomic E-state index is -4.76.